The lowest BCUT2D eigenvalue weighted by Gasteiger charge is -2.26. The first kappa shape index (κ1) is 15.4. The van der Waals surface area contributed by atoms with Crippen molar-refractivity contribution in [2.45, 2.75) is 33.3 Å². The molecule has 0 saturated heterocycles. The molecule has 0 bridgehead atoms. The number of nitrogens with one attached hydrogen (secondary N) is 2. The zero-order valence-electron chi connectivity index (χ0n) is 11.5. The highest BCUT2D eigenvalue weighted by Crippen LogP contribution is 2.21. The number of carbonyl (C=O) groups excluding carboxylic acids is 1. The van der Waals surface area contributed by atoms with E-state index in [2.05, 4.69) is 10.6 Å². The average molecular weight is 268 g/mol. The third-order valence-corrected chi connectivity index (χ3v) is 2.68. The molecule has 1 atom stereocenters. The number of anilines is 1. The number of benzene rings is 1. The van der Waals surface area contributed by atoms with E-state index in [0.717, 1.165) is 0 Å². The van der Waals surface area contributed by atoms with Crippen molar-refractivity contribution >= 4 is 11.7 Å². The second-order valence-corrected chi connectivity index (χ2v) is 5.53. The van der Waals surface area contributed by atoms with Crippen molar-refractivity contribution in [2.24, 2.45) is 5.41 Å². The molecule has 1 aromatic carbocycles. The van der Waals surface area contributed by atoms with Gasteiger partial charge in [0.05, 0.1) is 6.10 Å². The zero-order chi connectivity index (χ0) is 14.5. The van der Waals surface area contributed by atoms with Crippen LogP contribution < -0.4 is 10.6 Å². The first-order chi connectivity index (χ1) is 8.78. The minimum atomic E-state index is -0.406. The Hall–Kier alpha value is -1.62. The fraction of sp³-hybridized carbons (Fsp3) is 0.500. The summed E-state index contributed by atoms with van der Waals surface area (Å²) in [6.45, 7) is 6.11. The van der Waals surface area contributed by atoms with Crippen LogP contribution in [0.15, 0.2) is 24.3 Å². The van der Waals surface area contributed by atoms with Gasteiger partial charge in [0.25, 0.3) is 0 Å². The van der Waals surface area contributed by atoms with E-state index in [-0.39, 0.29) is 17.3 Å². The molecule has 0 unspecified atom stereocenters. The molecule has 0 spiro atoms. The molecule has 3 N–H and O–H groups in total. The van der Waals surface area contributed by atoms with Gasteiger partial charge >= 0.3 is 6.03 Å². The van der Waals surface area contributed by atoms with Gasteiger partial charge < -0.3 is 15.7 Å². The number of aliphatic hydroxyl groups is 1. The molecule has 0 heterocycles. The van der Waals surface area contributed by atoms with E-state index < -0.39 is 6.10 Å². The predicted molar refractivity (Wildman–Crippen MR) is 73.5 cm³/mol. The molecule has 0 fully saturated rings. The number of amides is 2. The first-order valence-corrected chi connectivity index (χ1v) is 6.27. The Morgan fingerprint density at radius 1 is 1.37 bits per heavy atom. The molecule has 0 aliphatic heterocycles. The number of aliphatic hydroxyl groups excluding tert-OH is 1. The fourth-order valence-corrected chi connectivity index (χ4v) is 1.90. The summed E-state index contributed by atoms with van der Waals surface area (Å²) in [6, 6.07) is 5.22. The Labute approximate surface area is 113 Å². The third-order valence-electron chi connectivity index (χ3n) is 2.68. The fourth-order valence-electron chi connectivity index (χ4n) is 1.90. The van der Waals surface area contributed by atoms with Crippen LogP contribution in [0.3, 0.4) is 0 Å². The normalized spacial score (nSPS) is 12.9. The predicted octanol–water partition coefficient (Wildman–Crippen LogP) is 2.74. The quantitative estimate of drug-likeness (QED) is 0.769. The Morgan fingerprint density at radius 2 is 1.95 bits per heavy atom. The highest BCUT2D eigenvalue weighted by atomic mass is 19.1. The standard InChI is InChI=1S/C14H21FN2O2/c1-10(18)8-14(2,3)9-16-13(19)17-12-6-4-11(15)5-7-12/h4-7,10,18H,8-9H2,1-3H3,(H2,16,17,19)/t10-/m1/s1. The van der Waals surface area contributed by atoms with Gasteiger partial charge in [0.15, 0.2) is 0 Å². The van der Waals surface area contributed by atoms with Gasteiger partial charge in [-0.05, 0) is 43.0 Å². The minimum Gasteiger partial charge on any atom is -0.393 e. The summed E-state index contributed by atoms with van der Waals surface area (Å²) < 4.78 is 12.7. The van der Waals surface area contributed by atoms with Crippen LogP contribution in [0.4, 0.5) is 14.9 Å². The summed E-state index contributed by atoms with van der Waals surface area (Å²) >= 11 is 0. The molecule has 106 valence electrons. The van der Waals surface area contributed by atoms with Crippen molar-refractivity contribution in [3.63, 3.8) is 0 Å². The number of hydrogen-bond acceptors (Lipinski definition) is 2. The number of carbonyl (C=O) groups is 1. The third kappa shape index (κ3) is 6.20. The second kappa shape index (κ2) is 6.52. The van der Waals surface area contributed by atoms with Gasteiger partial charge in [-0.2, -0.15) is 0 Å². The number of urea groups is 1. The molecule has 0 aromatic heterocycles. The molecule has 1 aromatic rings. The van der Waals surface area contributed by atoms with Gasteiger partial charge in [0.2, 0.25) is 0 Å². The molecule has 1 rings (SSSR count). The molecule has 0 aliphatic rings. The van der Waals surface area contributed by atoms with Crippen molar-refractivity contribution in [3.05, 3.63) is 30.1 Å². The maximum absolute atomic E-state index is 12.7. The first-order valence-electron chi connectivity index (χ1n) is 6.27. The van der Waals surface area contributed by atoms with Gasteiger partial charge in [0.1, 0.15) is 5.82 Å². The lowest BCUT2D eigenvalue weighted by molar-refractivity contribution is 0.129. The van der Waals surface area contributed by atoms with Crippen LogP contribution in [0, 0.1) is 11.2 Å². The van der Waals surface area contributed by atoms with Crippen LogP contribution in [0.2, 0.25) is 0 Å². The summed E-state index contributed by atoms with van der Waals surface area (Å²) in [5, 5.41) is 14.7. The van der Waals surface area contributed by atoms with Gasteiger partial charge in [-0.1, -0.05) is 13.8 Å². The van der Waals surface area contributed by atoms with Crippen molar-refractivity contribution in [1.82, 2.24) is 5.32 Å². The molecular formula is C14H21FN2O2. The number of halogens is 1. The summed E-state index contributed by atoms with van der Waals surface area (Å²) in [7, 11) is 0. The molecule has 5 heteroatoms. The smallest absolute Gasteiger partial charge is 0.319 e. The summed E-state index contributed by atoms with van der Waals surface area (Å²) in [5.41, 5.74) is 0.348. The van der Waals surface area contributed by atoms with E-state index in [1.165, 1.54) is 24.3 Å². The SMILES string of the molecule is C[C@@H](O)CC(C)(C)CNC(=O)Nc1ccc(F)cc1. The maximum Gasteiger partial charge on any atom is 0.319 e. The van der Waals surface area contributed by atoms with Crippen LogP contribution >= 0.6 is 0 Å². The number of hydrogen-bond donors (Lipinski definition) is 3. The summed E-state index contributed by atoms with van der Waals surface area (Å²) in [5.74, 6) is -0.343. The summed E-state index contributed by atoms with van der Waals surface area (Å²) in [6.07, 6.45) is 0.195. The van der Waals surface area contributed by atoms with Crippen LogP contribution in [0.25, 0.3) is 0 Å². The Bertz CT molecular complexity index is 416. The second-order valence-electron chi connectivity index (χ2n) is 5.53. The topological polar surface area (TPSA) is 61.4 Å². The van der Waals surface area contributed by atoms with Gasteiger partial charge in [-0.25, -0.2) is 9.18 Å². The average Bonchev–Trinajstić information content (AvgIpc) is 2.28. The highest BCUT2D eigenvalue weighted by Gasteiger charge is 2.21. The Kier molecular flexibility index (Phi) is 5.30. The van der Waals surface area contributed by atoms with Crippen LogP contribution in [-0.2, 0) is 0 Å². The summed E-state index contributed by atoms with van der Waals surface area (Å²) in [4.78, 5) is 11.7. The van der Waals surface area contributed by atoms with E-state index in [0.29, 0.717) is 18.7 Å². The molecule has 0 saturated carbocycles. The Morgan fingerprint density at radius 3 is 2.47 bits per heavy atom. The highest BCUT2D eigenvalue weighted by molar-refractivity contribution is 5.89. The molecule has 2 amide bonds. The number of rotatable bonds is 5. The molecule has 0 aliphatic carbocycles. The monoisotopic (exact) mass is 268 g/mol. The van der Waals surface area contributed by atoms with Crippen LogP contribution in [0.5, 0.6) is 0 Å². The van der Waals surface area contributed by atoms with E-state index in [1.807, 2.05) is 13.8 Å². The Balaban J connectivity index is 2.41. The van der Waals surface area contributed by atoms with Crippen molar-refractivity contribution in [3.8, 4) is 0 Å². The van der Waals surface area contributed by atoms with Crippen LogP contribution in [0.1, 0.15) is 27.2 Å². The van der Waals surface area contributed by atoms with Crippen LogP contribution in [-0.4, -0.2) is 23.8 Å². The molecule has 0 radical (unpaired) electrons. The zero-order valence-corrected chi connectivity index (χ0v) is 11.5. The van der Waals surface area contributed by atoms with E-state index in [9.17, 15) is 14.3 Å². The van der Waals surface area contributed by atoms with Gasteiger partial charge in [-0.3, -0.25) is 0 Å². The van der Waals surface area contributed by atoms with E-state index in [1.54, 1.807) is 6.92 Å². The lowest BCUT2D eigenvalue weighted by Crippen LogP contribution is -2.38. The minimum absolute atomic E-state index is 0.186. The molecular weight excluding hydrogens is 247 g/mol. The van der Waals surface area contributed by atoms with E-state index in [4.69, 9.17) is 0 Å². The van der Waals surface area contributed by atoms with Crippen molar-refractivity contribution in [2.75, 3.05) is 11.9 Å². The lowest BCUT2D eigenvalue weighted by atomic mass is 9.87. The largest absolute Gasteiger partial charge is 0.393 e. The molecule has 19 heavy (non-hydrogen) atoms. The van der Waals surface area contributed by atoms with Crippen molar-refractivity contribution in [1.29, 1.82) is 0 Å². The van der Waals surface area contributed by atoms with Gasteiger partial charge in [-0.15, -0.1) is 0 Å². The molecule has 4 nitrogen and oxygen atoms in total. The van der Waals surface area contributed by atoms with Gasteiger partial charge in [0, 0.05) is 12.2 Å². The maximum atomic E-state index is 12.7. The van der Waals surface area contributed by atoms with E-state index >= 15 is 0 Å². The van der Waals surface area contributed by atoms with Crippen molar-refractivity contribution < 1.29 is 14.3 Å².